The van der Waals surface area contributed by atoms with E-state index in [-0.39, 0.29) is 11.3 Å². The topological polar surface area (TPSA) is 89.4 Å². The van der Waals surface area contributed by atoms with E-state index in [9.17, 15) is 9.90 Å². The summed E-state index contributed by atoms with van der Waals surface area (Å²) >= 11 is 6.55. The lowest BCUT2D eigenvalue weighted by molar-refractivity contribution is 0.0954. The Labute approximate surface area is 167 Å². The van der Waals surface area contributed by atoms with Gasteiger partial charge in [-0.25, -0.2) is 5.43 Å². The fraction of sp³-hybridized carbons (Fsp3) is 0.176. The number of rotatable bonds is 6. The van der Waals surface area contributed by atoms with E-state index in [2.05, 4.69) is 42.4 Å². The number of ether oxygens (including phenoxy) is 3. The third-order valence-electron chi connectivity index (χ3n) is 3.35. The van der Waals surface area contributed by atoms with Gasteiger partial charge in [-0.1, -0.05) is 15.9 Å². The van der Waals surface area contributed by atoms with Crippen molar-refractivity contribution in [3.8, 4) is 23.0 Å². The van der Waals surface area contributed by atoms with Crippen molar-refractivity contribution in [2.75, 3.05) is 21.3 Å². The first-order chi connectivity index (χ1) is 12.4. The molecule has 0 bridgehead atoms. The van der Waals surface area contributed by atoms with Crippen molar-refractivity contribution in [2.45, 2.75) is 0 Å². The molecule has 2 aromatic carbocycles. The molecule has 0 saturated heterocycles. The zero-order valence-corrected chi connectivity index (χ0v) is 17.3. The summed E-state index contributed by atoms with van der Waals surface area (Å²) in [6.07, 6.45) is 1.33. The average Bonchev–Trinajstić information content (AvgIpc) is 2.63. The van der Waals surface area contributed by atoms with Crippen LogP contribution in [0.15, 0.2) is 38.3 Å². The molecule has 26 heavy (non-hydrogen) atoms. The molecular formula is C17H16Br2N2O5. The van der Waals surface area contributed by atoms with Crippen LogP contribution in [0.5, 0.6) is 23.0 Å². The van der Waals surface area contributed by atoms with Crippen LogP contribution in [0.1, 0.15) is 15.9 Å². The van der Waals surface area contributed by atoms with Gasteiger partial charge in [-0.3, -0.25) is 4.79 Å². The Balaban J connectivity index is 2.23. The summed E-state index contributed by atoms with van der Waals surface area (Å²) in [5.41, 5.74) is 3.09. The van der Waals surface area contributed by atoms with Crippen LogP contribution < -0.4 is 19.6 Å². The Bertz CT molecular complexity index is 830. The molecule has 9 heteroatoms. The van der Waals surface area contributed by atoms with Gasteiger partial charge in [-0.2, -0.15) is 5.10 Å². The lowest BCUT2D eigenvalue weighted by atomic mass is 10.1. The predicted octanol–water partition coefficient (Wildman–Crippen LogP) is 3.71. The number of methoxy groups -OCH3 is 3. The number of aromatic hydroxyl groups is 1. The summed E-state index contributed by atoms with van der Waals surface area (Å²) in [4.78, 5) is 12.3. The van der Waals surface area contributed by atoms with Crippen molar-refractivity contribution in [1.82, 2.24) is 5.43 Å². The molecule has 0 radical (unpaired) electrons. The molecule has 2 rings (SSSR count). The molecule has 138 valence electrons. The summed E-state index contributed by atoms with van der Waals surface area (Å²) < 4.78 is 16.9. The Morgan fingerprint density at radius 1 is 1.08 bits per heavy atom. The second-order valence-electron chi connectivity index (χ2n) is 4.94. The van der Waals surface area contributed by atoms with E-state index >= 15 is 0 Å². The first-order valence-electron chi connectivity index (χ1n) is 7.22. The first-order valence-corrected chi connectivity index (χ1v) is 8.81. The zero-order chi connectivity index (χ0) is 19.3. The van der Waals surface area contributed by atoms with Crippen molar-refractivity contribution < 1.29 is 24.1 Å². The molecule has 0 aromatic heterocycles. The normalized spacial score (nSPS) is 10.7. The monoisotopic (exact) mass is 486 g/mol. The van der Waals surface area contributed by atoms with E-state index in [1.54, 1.807) is 12.1 Å². The van der Waals surface area contributed by atoms with Crippen molar-refractivity contribution in [2.24, 2.45) is 5.10 Å². The third-order valence-corrected chi connectivity index (χ3v) is 4.42. The minimum Gasteiger partial charge on any atom is -0.506 e. The van der Waals surface area contributed by atoms with Gasteiger partial charge in [-0.05, 0) is 40.2 Å². The van der Waals surface area contributed by atoms with E-state index in [1.807, 2.05) is 0 Å². The van der Waals surface area contributed by atoms with Crippen LogP contribution in [-0.2, 0) is 0 Å². The number of carbonyl (C=O) groups is 1. The number of benzene rings is 2. The van der Waals surface area contributed by atoms with Gasteiger partial charge in [0, 0.05) is 15.6 Å². The quantitative estimate of drug-likeness (QED) is 0.479. The van der Waals surface area contributed by atoms with E-state index < -0.39 is 5.91 Å². The van der Waals surface area contributed by atoms with Gasteiger partial charge in [0.15, 0.2) is 11.5 Å². The number of phenolic OH excluding ortho intramolecular Hbond substituents is 1. The summed E-state index contributed by atoms with van der Waals surface area (Å²) in [5, 5.41) is 13.9. The Morgan fingerprint density at radius 3 is 2.23 bits per heavy atom. The maximum atomic E-state index is 12.3. The molecule has 0 spiro atoms. The SMILES string of the molecule is COc1cc(C(=O)NN=Cc2cc(Br)cc(Br)c2O)cc(OC)c1OC. The lowest BCUT2D eigenvalue weighted by Gasteiger charge is -2.13. The highest BCUT2D eigenvalue weighted by atomic mass is 79.9. The van der Waals surface area contributed by atoms with Crippen molar-refractivity contribution in [1.29, 1.82) is 0 Å². The number of phenols is 1. The Hall–Kier alpha value is -2.26. The molecule has 0 atom stereocenters. The molecule has 2 N–H and O–H groups in total. The summed E-state index contributed by atoms with van der Waals surface area (Å²) in [7, 11) is 4.41. The number of hydrogen-bond acceptors (Lipinski definition) is 6. The maximum Gasteiger partial charge on any atom is 0.271 e. The van der Waals surface area contributed by atoms with Gasteiger partial charge in [0.05, 0.1) is 32.0 Å². The molecule has 0 aliphatic rings. The molecular weight excluding hydrogens is 472 g/mol. The fourth-order valence-corrected chi connectivity index (χ4v) is 3.38. The number of carbonyl (C=O) groups excluding carboxylic acids is 1. The molecule has 0 unspecified atom stereocenters. The van der Waals surface area contributed by atoms with Crippen LogP contribution in [0.25, 0.3) is 0 Å². The molecule has 0 fully saturated rings. The van der Waals surface area contributed by atoms with Gasteiger partial charge >= 0.3 is 0 Å². The maximum absolute atomic E-state index is 12.3. The zero-order valence-electron chi connectivity index (χ0n) is 14.2. The summed E-state index contributed by atoms with van der Waals surface area (Å²) in [6, 6.07) is 6.38. The number of hydrogen-bond donors (Lipinski definition) is 2. The van der Waals surface area contributed by atoms with E-state index in [1.165, 1.54) is 39.7 Å². The van der Waals surface area contributed by atoms with Gasteiger partial charge in [0.25, 0.3) is 5.91 Å². The van der Waals surface area contributed by atoms with E-state index in [0.29, 0.717) is 27.3 Å². The van der Waals surface area contributed by atoms with Crippen molar-refractivity contribution in [3.63, 3.8) is 0 Å². The number of nitrogens with zero attached hydrogens (tertiary/aromatic N) is 1. The second-order valence-corrected chi connectivity index (χ2v) is 6.71. The smallest absolute Gasteiger partial charge is 0.271 e. The number of halogens is 2. The van der Waals surface area contributed by atoms with Gasteiger partial charge in [0.2, 0.25) is 5.75 Å². The molecule has 2 aromatic rings. The number of hydrazone groups is 1. The fourth-order valence-electron chi connectivity index (χ4n) is 2.12. The number of nitrogens with one attached hydrogen (secondary N) is 1. The summed E-state index contributed by atoms with van der Waals surface area (Å²) in [5.74, 6) is 0.635. The van der Waals surface area contributed by atoms with E-state index in [0.717, 1.165) is 4.47 Å². The minimum absolute atomic E-state index is 0.0129. The Kier molecular flexibility index (Phi) is 6.87. The van der Waals surface area contributed by atoms with Crippen molar-refractivity contribution in [3.05, 3.63) is 44.3 Å². The summed E-state index contributed by atoms with van der Waals surface area (Å²) in [6.45, 7) is 0. The standard InChI is InChI=1S/C17H16Br2N2O5/c1-24-13-5-9(6-14(25-2)16(13)26-3)17(23)21-20-8-10-4-11(18)7-12(19)15(10)22/h4-8,22H,1-3H3,(H,21,23). The Morgan fingerprint density at radius 2 is 1.69 bits per heavy atom. The lowest BCUT2D eigenvalue weighted by Crippen LogP contribution is -2.18. The second kappa shape index (κ2) is 8.91. The molecule has 7 nitrogen and oxygen atoms in total. The average molecular weight is 488 g/mol. The van der Waals surface area contributed by atoms with Gasteiger partial charge in [-0.15, -0.1) is 0 Å². The van der Waals surface area contributed by atoms with Crippen LogP contribution in [0.3, 0.4) is 0 Å². The molecule has 0 heterocycles. The number of amides is 1. The predicted molar refractivity (Wildman–Crippen MR) is 105 cm³/mol. The molecule has 0 aliphatic heterocycles. The van der Waals surface area contributed by atoms with E-state index in [4.69, 9.17) is 14.2 Å². The highest BCUT2D eigenvalue weighted by Crippen LogP contribution is 2.38. The van der Waals surface area contributed by atoms with Crippen LogP contribution >= 0.6 is 31.9 Å². The highest BCUT2D eigenvalue weighted by molar-refractivity contribution is 9.11. The molecule has 1 amide bonds. The van der Waals surface area contributed by atoms with Gasteiger partial charge < -0.3 is 19.3 Å². The minimum atomic E-state index is -0.478. The van der Waals surface area contributed by atoms with Crippen LogP contribution in [0, 0.1) is 0 Å². The molecule has 0 saturated carbocycles. The van der Waals surface area contributed by atoms with Crippen LogP contribution in [0.4, 0.5) is 0 Å². The van der Waals surface area contributed by atoms with Crippen LogP contribution in [0.2, 0.25) is 0 Å². The largest absolute Gasteiger partial charge is 0.506 e. The third kappa shape index (κ3) is 4.47. The van der Waals surface area contributed by atoms with Crippen molar-refractivity contribution >= 4 is 44.0 Å². The first kappa shape index (κ1) is 20.1. The van der Waals surface area contributed by atoms with Crippen LogP contribution in [-0.4, -0.2) is 38.6 Å². The highest BCUT2D eigenvalue weighted by Gasteiger charge is 2.16. The molecule has 0 aliphatic carbocycles. The van der Waals surface area contributed by atoms with Gasteiger partial charge in [0.1, 0.15) is 5.75 Å².